The minimum absolute atomic E-state index is 0.0183. The minimum atomic E-state index is -4.83. The Kier molecular flexibility index (Phi) is 5.58. The SMILES string of the molecule is CCOC(=O)c1ccc(C(=O)Nc2cccc(OC(F)(F)F)c2)nc1. The van der Waals surface area contributed by atoms with E-state index in [0.717, 1.165) is 12.1 Å². The average Bonchev–Trinajstić information content (AvgIpc) is 2.54. The number of nitrogens with zero attached hydrogens (tertiary/aromatic N) is 1. The summed E-state index contributed by atoms with van der Waals surface area (Å²) in [5.41, 5.74) is 0.261. The number of hydrogen-bond donors (Lipinski definition) is 1. The summed E-state index contributed by atoms with van der Waals surface area (Å²) in [5, 5.41) is 2.39. The maximum Gasteiger partial charge on any atom is 0.573 e. The fourth-order valence-electron chi connectivity index (χ4n) is 1.83. The smallest absolute Gasteiger partial charge is 0.462 e. The highest BCUT2D eigenvalue weighted by Crippen LogP contribution is 2.25. The molecular formula is C16H13F3N2O4. The highest BCUT2D eigenvalue weighted by atomic mass is 19.4. The molecule has 0 unspecified atom stereocenters. The zero-order valence-electron chi connectivity index (χ0n) is 13.0. The standard InChI is InChI=1S/C16H13F3N2O4/c1-2-24-15(23)10-6-7-13(20-9-10)14(22)21-11-4-3-5-12(8-11)25-16(17,18)19/h3-9H,2H2,1H3,(H,21,22). The number of aromatic nitrogens is 1. The molecule has 1 heterocycles. The van der Waals surface area contributed by atoms with Gasteiger partial charge in [0.2, 0.25) is 0 Å². The summed E-state index contributed by atoms with van der Waals surface area (Å²) < 4.78 is 45.2. The van der Waals surface area contributed by atoms with Crippen LogP contribution in [0.15, 0.2) is 42.6 Å². The van der Waals surface area contributed by atoms with E-state index in [2.05, 4.69) is 15.0 Å². The molecular weight excluding hydrogens is 341 g/mol. The molecule has 0 bridgehead atoms. The van der Waals surface area contributed by atoms with Gasteiger partial charge < -0.3 is 14.8 Å². The first kappa shape index (κ1) is 18.2. The van der Waals surface area contributed by atoms with Crippen molar-refractivity contribution in [3.63, 3.8) is 0 Å². The van der Waals surface area contributed by atoms with Gasteiger partial charge in [0, 0.05) is 18.0 Å². The monoisotopic (exact) mass is 354 g/mol. The van der Waals surface area contributed by atoms with Crippen molar-refractivity contribution in [1.29, 1.82) is 0 Å². The van der Waals surface area contributed by atoms with Crippen molar-refractivity contribution in [1.82, 2.24) is 4.98 Å². The number of carbonyl (C=O) groups excluding carboxylic acids is 2. The summed E-state index contributed by atoms with van der Waals surface area (Å²) >= 11 is 0. The molecule has 2 aromatic rings. The van der Waals surface area contributed by atoms with Gasteiger partial charge in [-0.15, -0.1) is 13.2 Å². The third-order valence-electron chi connectivity index (χ3n) is 2.83. The molecule has 0 saturated carbocycles. The van der Waals surface area contributed by atoms with Crippen LogP contribution in [0.25, 0.3) is 0 Å². The second-order valence-electron chi connectivity index (χ2n) is 4.68. The van der Waals surface area contributed by atoms with Gasteiger partial charge in [0.05, 0.1) is 12.2 Å². The number of benzene rings is 1. The number of ether oxygens (including phenoxy) is 2. The summed E-state index contributed by atoms with van der Waals surface area (Å²) in [4.78, 5) is 27.4. The molecule has 1 aromatic carbocycles. The maximum absolute atomic E-state index is 12.2. The van der Waals surface area contributed by atoms with E-state index in [9.17, 15) is 22.8 Å². The predicted molar refractivity (Wildman–Crippen MR) is 81.3 cm³/mol. The molecule has 0 saturated heterocycles. The number of esters is 1. The largest absolute Gasteiger partial charge is 0.573 e. The molecule has 2 rings (SSSR count). The quantitative estimate of drug-likeness (QED) is 0.833. The number of anilines is 1. The van der Waals surface area contributed by atoms with Crippen LogP contribution in [-0.4, -0.2) is 29.8 Å². The van der Waals surface area contributed by atoms with Gasteiger partial charge in [-0.2, -0.15) is 0 Å². The van der Waals surface area contributed by atoms with Crippen molar-refractivity contribution in [3.8, 4) is 5.75 Å². The van der Waals surface area contributed by atoms with Crippen molar-refractivity contribution in [3.05, 3.63) is 53.9 Å². The van der Waals surface area contributed by atoms with Crippen LogP contribution in [0.4, 0.5) is 18.9 Å². The summed E-state index contributed by atoms with van der Waals surface area (Å²) in [6.07, 6.45) is -3.65. The lowest BCUT2D eigenvalue weighted by Gasteiger charge is -2.10. The van der Waals surface area contributed by atoms with E-state index in [0.29, 0.717) is 0 Å². The molecule has 1 amide bonds. The first-order valence-corrected chi connectivity index (χ1v) is 7.09. The van der Waals surface area contributed by atoms with Crippen molar-refractivity contribution in [2.75, 3.05) is 11.9 Å². The molecule has 0 aliphatic heterocycles. The van der Waals surface area contributed by atoms with Gasteiger partial charge >= 0.3 is 12.3 Å². The molecule has 6 nitrogen and oxygen atoms in total. The van der Waals surface area contributed by atoms with E-state index in [-0.39, 0.29) is 23.6 Å². The molecule has 1 N–H and O–H groups in total. The van der Waals surface area contributed by atoms with E-state index < -0.39 is 24.0 Å². The highest BCUT2D eigenvalue weighted by molar-refractivity contribution is 6.03. The number of halogens is 3. The van der Waals surface area contributed by atoms with Crippen LogP contribution in [0.5, 0.6) is 5.75 Å². The lowest BCUT2D eigenvalue weighted by molar-refractivity contribution is -0.274. The summed E-state index contributed by atoms with van der Waals surface area (Å²) in [6.45, 7) is 1.86. The van der Waals surface area contributed by atoms with Crippen LogP contribution in [0.1, 0.15) is 27.8 Å². The zero-order valence-corrected chi connectivity index (χ0v) is 13.0. The van der Waals surface area contributed by atoms with Crippen LogP contribution in [0, 0.1) is 0 Å². The van der Waals surface area contributed by atoms with Gasteiger partial charge in [-0.25, -0.2) is 4.79 Å². The van der Waals surface area contributed by atoms with Crippen LogP contribution in [-0.2, 0) is 4.74 Å². The normalized spacial score (nSPS) is 10.9. The Morgan fingerprint density at radius 3 is 2.56 bits per heavy atom. The van der Waals surface area contributed by atoms with Crippen molar-refractivity contribution >= 4 is 17.6 Å². The second-order valence-corrected chi connectivity index (χ2v) is 4.68. The first-order chi connectivity index (χ1) is 11.8. The number of nitrogens with one attached hydrogen (secondary N) is 1. The summed E-state index contributed by atoms with van der Waals surface area (Å²) in [7, 11) is 0. The lowest BCUT2D eigenvalue weighted by Crippen LogP contribution is -2.18. The predicted octanol–water partition coefficient (Wildman–Crippen LogP) is 3.41. The van der Waals surface area contributed by atoms with Gasteiger partial charge in [-0.05, 0) is 31.2 Å². The molecule has 0 spiro atoms. The Bertz CT molecular complexity index is 761. The fraction of sp³-hybridized carbons (Fsp3) is 0.188. The summed E-state index contributed by atoms with van der Waals surface area (Å²) in [5.74, 6) is -1.69. The minimum Gasteiger partial charge on any atom is -0.462 e. The summed E-state index contributed by atoms with van der Waals surface area (Å²) in [6, 6.07) is 7.50. The molecule has 9 heteroatoms. The van der Waals surface area contributed by atoms with Gasteiger partial charge in [-0.1, -0.05) is 6.07 Å². The average molecular weight is 354 g/mol. The van der Waals surface area contributed by atoms with Crippen molar-refractivity contribution < 1.29 is 32.2 Å². The third-order valence-corrected chi connectivity index (χ3v) is 2.83. The Balaban J connectivity index is 2.07. The second kappa shape index (κ2) is 7.65. The third kappa shape index (κ3) is 5.48. The lowest BCUT2D eigenvalue weighted by atomic mass is 10.2. The van der Waals surface area contributed by atoms with Crippen molar-refractivity contribution in [2.24, 2.45) is 0 Å². The van der Waals surface area contributed by atoms with Crippen LogP contribution >= 0.6 is 0 Å². The number of hydrogen-bond acceptors (Lipinski definition) is 5. The Labute approximate surface area is 140 Å². The van der Waals surface area contributed by atoms with Gasteiger partial charge in [0.1, 0.15) is 11.4 Å². The van der Waals surface area contributed by atoms with E-state index in [1.165, 1.54) is 30.5 Å². The Morgan fingerprint density at radius 2 is 1.96 bits per heavy atom. The number of alkyl halides is 3. The van der Waals surface area contributed by atoms with Crippen LogP contribution in [0.3, 0.4) is 0 Å². The van der Waals surface area contributed by atoms with E-state index >= 15 is 0 Å². The maximum atomic E-state index is 12.2. The van der Waals surface area contributed by atoms with Crippen LogP contribution in [0.2, 0.25) is 0 Å². The Morgan fingerprint density at radius 1 is 1.20 bits per heavy atom. The molecule has 0 aliphatic rings. The number of carbonyl (C=O) groups is 2. The van der Waals surface area contributed by atoms with E-state index in [1.807, 2.05) is 0 Å². The molecule has 0 atom stereocenters. The van der Waals surface area contributed by atoms with E-state index in [4.69, 9.17) is 4.74 Å². The number of amides is 1. The number of rotatable bonds is 5. The molecule has 1 aromatic heterocycles. The van der Waals surface area contributed by atoms with Gasteiger partial charge in [0.15, 0.2) is 0 Å². The van der Waals surface area contributed by atoms with Crippen LogP contribution < -0.4 is 10.1 Å². The van der Waals surface area contributed by atoms with E-state index in [1.54, 1.807) is 6.92 Å². The number of pyridine rings is 1. The topological polar surface area (TPSA) is 77.5 Å². The Hall–Kier alpha value is -3.10. The first-order valence-electron chi connectivity index (χ1n) is 7.09. The molecule has 0 aliphatic carbocycles. The highest BCUT2D eigenvalue weighted by Gasteiger charge is 2.31. The van der Waals surface area contributed by atoms with Crippen molar-refractivity contribution in [2.45, 2.75) is 13.3 Å². The molecule has 25 heavy (non-hydrogen) atoms. The fourth-order valence-corrected chi connectivity index (χ4v) is 1.83. The molecule has 132 valence electrons. The van der Waals surface area contributed by atoms with Gasteiger partial charge in [0.25, 0.3) is 5.91 Å². The van der Waals surface area contributed by atoms with Gasteiger partial charge in [-0.3, -0.25) is 9.78 Å². The molecule has 0 radical (unpaired) electrons. The zero-order chi connectivity index (χ0) is 18.4. The molecule has 0 fully saturated rings.